The zero-order chi connectivity index (χ0) is 19.3. The maximum absolute atomic E-state index is 12.6. The zero-order valence-electron chi connectivity index (χ0n) is 15.6. The minimum atomic E-state index is -0.623. The van der Waals surface area contributed by atoms with Crippen molar-refractivity contribution >= 4 is 16.9 Å². The SMILES string of the molecule is O=C(NCc1ccccc1C[NH+]1CCOCC1)c1cc2ccccc2oc1=O. The molecule has 1 amide bonds. The average molecular weight is 379 g/mol. The lowest BCUT2D eigenvalue weighted by atomic mass is 10.1. The van der Waals surface area contributed by atoms with E-state index in [1.165, 1.54) is 10.5 Å². The lowest BCUT2D eigenvalue weighted by Gasteiger charge is -2.24. The molecule has 0 aliphatic carbocycles. The molecule has 144 valence electrons. The quantitative estimate of drug-likeness (QED) is 0.652. The maximum Gasteiger partial charge on any atom is 0.349 e. The fraction of sp³-hybridized carbons (Fsp3) is 0.273. The van der Waals surface area contributed by atoms with E-state index in [1.807, 2.05) is 30.3 Å². The van der Waals surface area contributed by atoms with Crippen molar-refractivity contribution in [3.05, 3.63) is 81.7 Å². The number of quaternary nitrogens is 1. The summed E-state index contributed by atoms with van der Waals surface area (Å²) in [6, 6.07) is 16.8. The molecule has 4 rings (SSSR count). The second kappa shape index (κ2) is 8.37. The third-order valence-corrected chi connectivity index (χ3v) is 5.08. The molecule has 6 nitrogen and oxygen atoms in total. The second-order valence-electron chi connectivity index (χ2n) is 6.98. The van der Waals surface area contributed by atoms with Gasteiger partial charge in [-0.25, -0.2) is 4.79 Å². The molecule has 6 heteroatoms. The van der Waals surface area contributed by atoms with Crippen LogP contribution in [0.5, 0.6) is 0 Å². The minimum Gasteiger partial charge on any atom is -0.422 e. The molecule has 1 aromatic heterocycles. The molecule has 0 saturated carbocycles. The Morgan fingerprint density at radius 3 is 2.54 bits per heavy atom. The Hall–Kier alpha value is -2.96. The van der Waals surface area contributed by atoms with Gasteiger partial charge in [-0.3, -0.25) is 4.79 Å². The van der Waals surface area contributed by atoms with Crippen molar-refractivity contribution in [1.29, 1.82) is 0 Å². The van der Waals surface area contributed by atoms with Crippen molar-refractivity contribution in [1.82, 2.24) is 5.32 Å². The van der Waals surface area contributed by atoms with E-state index in [0.717, 1.165) is 43.8 Å². The molecule has 1 aliphatic heterocycles. The van der Waals surface area contributed by atoms with Crippen LogP contribution in [-0.4, -0.2) is 32.2 Å². The Bertz CT molecular complexity index is 1040. The third-order valence-electron chi connectivity index (χ3n) is 5.08. The summed E-state index contributed by atoms with van der Waals surface area (Å²) in [6.07, 6.45) is 0. The van der Waals surface area contributed by atoms with Gasteiger partial charge >= 0.3 is 5.63 Å². The predicted molar refractivity (Wildman–Crippen MR) is 105 cm³/mol. The molecule has 0 unspecified atom stereocenters. The van der Waals surface area contributed by atoms with E-state index in [0.29, 0.717) is 12.1 Å². The van der Waals surface area contributed by atoms with Crippen molar-refractivity contribution < 1.29 is 18.8 Å². The van der Waals surface area contributed by atoms with Crippen LogP contribution >= 0.6 is 0 Å². The second-order valence-corrected chi connectivity index (χ2v) is 6.98. The molecule has 0 spiro atoms. The lowest BCUT2D eigenvalue weighted by Crippen LogP contribution is -3.12. The number of nitrogens with one attached hydrogen (secondary N) is 2. The Morgan fingerprint density at radius 1 is 1.00 bits per heavy atom. The first kappa shape index (κ1) is 18.4. The van der Waals surface area contributed by atoms with Crippen LogP contribution in [0.3, 0.4) is 0 Å². The highest BCUT2D eigenvalue weighted by Gasteiger charge is 2.17. The number of para-hydroxylation sites is 1. The van der Waals surface area contributed by atoms with Crippen molar-refractivity contribution in [3.63, 3.8) is 0 Å². The van der Waals surface area contributed by atoms with Crippen LogP contribution in [0.1, 0.15) is 21.5 Å². The molecule has 1 saturated heterocycles. The fourth-order valence-electron chi connectivity index (χ4n) is 3.50. The van der Waals surface area contributed by atoms with E-state index < -0.39 is 11.5 Å². The number of ether oxygens (including phenoxy) is 1. The number of rotatable bonds is 5. The van der Waals surface area contributed by atoms with E-state index in [2.05, 4.69) is 11.4 Å². The van der Waals surface area contributed by atoms with Gasteiger partial charge in [0.05, 0.1) is 13.2 Å². The van der Waals surface area contributed by atoms with E-state index in [1.54, 1.807) is 18.2 Å². The first-order valence-electron chi connectivity index (χ1n) is 9.50. The minimum absolute atomic E-state index is 0.0231. The summed E-state index contributed by atoms with van der Waals surface area (Å²) < 4.78 is 10.7. The fourth-order valence-corrected chi connectivity index (χ4v) is 3.50. The molecule has 1 aliphatic rings. The molecular weight excluding hydrogens is 356 g/mol. The van der Waals surface area contributed by atoms with Gasteiger partial charge in [-0.15, -0.1) is 0 Å². The molecule has 3 aromatic rings. The van der Waals surface area contributed by atoms with Crippen LogP contribution in [0, 0.1) is 0 Å². The third kappa shape index (κ3) is 4.13. The van der Waals surface area contributed by atoms with Crippen LogP contribution in [-0.2, 0) is 17.8 Å². The standard InChI is InChI=1S/C22H22N2O4/c25-21(19-13-16-5-3-4-8-20(16)28-22(19)26)23-14-17-6-1-2-7-18(17)15-24-9-11-27-12-10-24/h1-8,13H,9-12,14-15H2,(H,23,25)/p+1. The number of hydrogen-bond acceptors (Lipinski definition) is 4. The molecule has 0 radical (unpaired) electrons. The van der Waals surface area contributed by atoms with Crippen molar-refractivity contribution in [2.24, 2.45) is 0 Å². The monoisotopic (exact) mass is 379 g/mol. The number of carbonyl (C=O) groups excluding carboxylic acids is 1. The topological polar surface area (TPSA) is 73.0 Å². The Morgan fingerprint density at radius 2 is 1.71 bits per heavy atom. The van der Waals surface area contributed by atoms with E-state index >= 15 is 0 Å². The van der Waals surface area contributed by atoms with Crippen LogP contribution < -0.4 is 15.8 Å². The van der Waals surface area contributed by atoms with Crippen molar-refractivity contribution in [2.75, 3.05) is 26.3 Å². The van der Waals surface area contributed by atoms with Gasteiger partial charge in [0.1, 0.15) is 30.8 Å². The summed E-state index contributed by atoms with van der Waals surface area (Å²) in [4.78, 5) is 26.2. The molecular formula is C22H23N2O4+. The van der Waals surface area contributed by atoms with E-state index in [4.69, 9.17) is 9.15 Å². The van der Waals surface area contributed by atoms with Crippen molar-refractivity contribution in [2.45, 2.75) is 13.1 Å². The van der Waals surface area contributed by atoms with Gasteiger partial charge in [0.25, 0.3) is 5.91 Å². The largest absolute Gasteiger partial charge is 0.422 e. The highest BCUT2D eigenvalue weighted by Crippen LogP contribution is 2.13. The summed E-state index contributed by atoms with van der Waals surface area (Å²) in [5.41, 5.74) is 2.13. The highest BCUT2D eigenvalue weighted by atomic mass is 16.5. The zero-order valence-corrected chi connectivity index (χ0v) is 15.6. The Kier molecular flexibility index (Phi) is 5.50. The Labute approximate surface area is 162 Å². The first-order chi connectivity index (χ1) is 13.7. The number of fused-ring (bicyclic) bond motifs is 1. The molecule has 1 fully saturated rings. The van der Waals surface area contributed by atoms with Gasteiger partial charge in [0.15, 0.2) is 0 Å². The van der Waals surface area contributed by atoms with E-state index in [9.17, 15) is 9.59 Å². The van der Waals surface area contributed by atoms with Crippen molar-refractivity contribution in [3.8, 4) is 0 Å². The van der Waals surface area contributed by atoms with Crippen LogP contribution in [0.4, 0.5) is 0 Å². The van der Waals surface area contributed by atoms with Gasteiger partial charge in [-0.2, -0.15) is 0 Å². The van der Waals surface area contributed by atoms with Gasteiger partial charge in [-0.05, 0) is 17.7 Å². The number of carbonyl (C=O) groups is 1. The number of amides is 1. The molecule has 28 heavy (non-hydrogen) atoms. The number of morpholine rings is 1. The summed E-state index contributed by atoms with van der Waals surface area (Å²) in [5, 5.41) is 3.59. The van der Waals surface area contributed by atoms with Crippen LogP contribution in [0.2, 0.25) is 0 Å². The lowest BCUT2D eigenvalue weighted by molar-refractivity contribution is -0.921. The molecule has 0 bridgehead atoms. The molecule has 2 heterocycles. The van der Waals surface area contributed by atoms with E-state index in [-0.39, 0.29) is 5.56 Å². The van der Waals surface area contributed by atoms with Gasteiger partial charge in [0, 0.05) is 17.5 Å². The number of hydrogen-bond donors (Lipinski definition) is 2. The first-order valence-corrected chi connectivity index (χ1v) is 9.50. The molecule has 2 aromatic carbocycles. The highest BCUT2D eigenvalue weighted by molar-refractivity contribution is 5.96. The van der Waals surface area contributed by atoms with Gasteiger partial charge in [0.2, 0.25) is 0 Å². The molecule has 2 N–H and O–H groups in total. The summed E-state index contributed by atoms with van der Waals surface area (Å²) in [7, 11) is 0. The summed E-state index contributed by atoms with van der Waals surface area (Å²) in [5.74, 6) is -0.423. The van der Waals surface area contributed by atoms with Crippen LogP contribution in [0.15, 0.2) is 63.8 Å². The molecule has 0 atom stereocenters. The predicted octanol–water partition coefficient (Wildman–Crippen LogP) is 1.14. The Balaban J connectivity index is 1.48. The van der Waals surface area contributed by atoms with Gasteiger partial charge < -0.3 is 19.4 Å². The normalized spacial score (nSPS) is 14.9. The average Bonchev–Trinajstić information content (AvgIpc) is 2.73. The number of benzene rings is 2. The van der Waals surface area contributed by atoms with Crippen LogP contribution in [0.25, 0.3) is 11.0 Å². The summed E-state index contributed by atoms with van der Waals surface area (Å²) >= 11 is 0. The van der Waals surface area contributed by atoms with Gasteiger partial charge in [-0.1, -0.05) is 42.5 Å². The maximum atomic E-state index is 12.6. The summed E-state index contributed by atoms with van der Waals surface area (Å²) in [6.45, 7) is 4.80. The smallest absolute Gasteiger partial charge is 0.349 e.